The van der Waals surface area contributed by atoms with Crippen molar-refractivity contribution in [3.8, 4) is 0 Å². The summed E-state index contributed by atoms with van der Waals surface area (Å²) in [6.07, 6.45) is 0. The average Bonchev–Trinajstić information content (AvgIpc) is 2.70. The Morgan fingerprint density at radius 3 is 2.56 bits per heavy atom. The molecule has 0 bridgehead atoms. The van der Waals surface area contributed by atoms with Crippen molar-refractivity contribution in [2.45, 2.75) is 26.9 Å². The zero-order chi connectivity index (χ0) is 13.1. The van der Waals surface area contributed by atoms with Crippen molar-refractivity contribution >= 4 is 5.69 Å². The second-order valence-electron chi connectivity index (χ2n) is 4.82. The molecule has 2 aromatic rings. The predicted molar refractivity (Wildman–Crippen MR) is 74.2 cm³/mol. The molecule has 0 saturated heterocycles. The third-order valence-corrected chi connectivity index (χ3v) is 3.15. The van der Waals surface area contributed by atoms with Gasteiger partial charge in [0.05, 0.1) is 6.54 Å². The maximum absolute atomic E-state index is 5.92. The zero-order valence-electron chi connectivity index (χ0n) is 11.2. The first kappa shape index (κ1) is 12.7. The van der Waals surface area contributed by atoms with E-state index in [0.29, 0.717) is 0 Å². The molecular weight excluding hydrogens is 224 g/mol. The van der Waals surface area contributed by atoms with Crippen LogP contribution in [0.2, 0.25) is 0 Å². The molecule has 0 fully saturated rings. The second kappa shape index (κ2) is 5.27. The molecule has 0 aliphatic carbocycles. The molecule has 0 atom stereocenters. The standard InChI is InChI=1S/C15H20N2O/c1-11-7-8-14(18-11)10-17(3)9-13-5-4-6-15(16)12(13)2/h4-8H,9-10,16H2,1-3H3. The highest BCUT2D eigenvalue weighted by atomic mass is 16.3. The Hall–Kier alpha value is -1.74. The van der Waals surface area contributed by atoms with Gasteiger partial charge in [-0.1, -0.05) is 12.1 Å². The molecule has 3 nitrogen and oxygen atoms in total. The van der Waals surface area contributed by atoms with Crippen LogP contribution in [0.1, 0.15) is 22.6 Å². The molecule has 1 aromatic heterocycles. The molecule has 0 spiro atoms. The number of hydrogen-bond donors (Lipinski definition) is 1. The minimum absolute atomic E-state index is 0.808. The molecule has 1 heterocycles. The summed E-state index contributed by atoms with van der Waals surface area (Å²) in [6.45, 7) is 5.71. The molecule has 2 N–H and O–H groups in total. The lowest BCUT2D eigenvalue weighted by Gasteiger charge is -2.17. The van der Waals surface area contributed by atoms with Gasteiger partial charge < -0.3 is 10.2 Å². The van der Waals surface area contributed by atoms with E-state index in [2.05, 4.69) is 24.9 Å². The Kier molecular flexibility index (Phi) is 3.72. The fourth-order valence-corrected chi connectivity index (χ4v) is 2.06. The number of aryl methyl sites for hydroxylation is 1. The topological polar surface area (TPSA) is 42.4 Å². The number of nitrogens with two attached hydrogens (primary N) is 1. The number of benzene rings is 1. The van der Waals surface area contributed by atoms with Crippen LogP contribution >= 0.6 is 0 Å². The maximum Gasteiger partial charge on any atom is 0.118 e. The minimum Gasteiger partial charge on any atom is -0.465 e. The van der Waals surface area contributed by atoms with E-state index in [0.717, 1.165) is 30.3 Å². The van der Waals surface area contributed by atoms with E-state index in [-0.39, 0.29) is 0 Å². The van der Waals surface area contributed by atoms with E-state index >= 15 is 0 Å². The molecule has 0 radical (unpaired) electrons. The molecule has 0 unspecified atom stereocenters. The molecule has 0 aliphatic rings. The van der Waals surface area contributed by atoms with E-state index in [9.17, 15) is 0 Å². The second-order valence-corrected chi connectivity index (χ2v) is 4.82. The number of nitrogens with zero attached hydrogens (tertiary/aromatic N) is 1. The largest absolute Gasteiger partial charge is 0.465 e. The summed E-state index contributed by atoms with van der Waals surface area (Å²) in [5, 5.41) is 0. The van der Waals surface area contributed by atoms with Crippen molar-refractivity contribution < 1.29 is 4.42 Å². The van der Waals surface area contributed by atoms with Crippen LogP contribution in [-0.4, -0.2) is 11.9 Å². The maximum atomic E-state index is 5.92. The van der Waals surface area contributed by atoms with Gasteiger partial charge in [-0.05, 0) is 50.2 Å². The fourth-order valence-electron chi connectivity index (χ4n) is 2.06. The first-order chi connectivity index (χ1) is 8.56. The minimum atomic E-state index is 0.808. The Labute approximate surface area is 108 Å². The van der Waals surface area contributed by atoms with Gasteiger partial charge in [0.1, 0.15) is 11.5 Å². The summed E-state index contributed by atoms with van der Waals surface area (Å²) in [5.41, 5.74) is 9.20. The smallest absolute Gasteiger partial charge is 0.118 e. The molecule has 1 aromatic carbocycles. The van der Waals surface area contributed by atoms with Crippen molar-refractivity contribution in [1.82, 2.24) is 4.90 Å². The van der Waals surface area contributed by atoms with Gasteiger partial charge in [-0.25, -0.2) is 0 Å². The third-order valence-electron chi connectivity index (χ3n) is 3.15. The van der Waals surface area contributed by atoms with Crippen LogP contribution in [0.5, 0.6) is 0 Å². The lowest BCUT2D eigenvalue weighted by Crippen LogP contribution is -2.17. The van der Waals surface area contributed by atoms with Crippen LogP contribution in [-0.2, 0) is 13.1 Å². The lowest BCUT2D eigenvalue weighted by molar-refractivity contribution is 0.285. The zero-order valence-corrected chi connectivity index (χ0v) is 11.2. The van der Waals surface area contributed by atoms with E-state index in [1.807, 2.05) is 31.2 Å². The Morgan fingerprint density at radius 2 is 1.89 bits per heavy atom. The number of hydrogen-bond acceptors (Lipinski definition) is 3. The van der Waals surface area contributed by atoms with E-state index in [1.165, 1.54) is 11.1 Å². The Bertz CT molecular complexity index is 531. The van der Waals surface area contributed by atoms with Crippen LogP contribution in [0.25, 0.3) is 0 Å². The Balaban J connectivity index is 2.03. The number of nitrogen functional groups attached to an aromatic ring is 1. The summed E-state index contributed by atoms with van der Waals surface area (Å²) in [5.74, 6) is 1.95. The average molecular weight is 244 g/mol. The van der Waals surface area contributed by atoms with Gasteiger partial charge in [-0.2, -0.15) is 0 Å². The summed E-state index contributed by atoms with van der Waals surface area (Å²) in [7, 11) is 2.08. The van der Waals surface area contributed by atoms with Crippen molar-refractivity contribution in [2.75, 3.05) is 12.8 Å². The summed E-state index contributed by atoms with van der Waals surface area (Å²) < 4.78 is 5.58. The highest BCUT2D eigenvalue weighted by Crippen LogP contribution is 2.18. The monoisotopic (exact) mass is 244 g/mol. The molecule has 96 valence electrons. The summed E-state index contributed by atoms with van der Waals surface area (Å²) >= 11 is 0. The SMILES string of the molecule is Cc1ccc(CN(C)Cc2cccc(N)c2C)o1. The van der Waals surface area contributed by atoms with Gasteiger partial charge in [0.25, 0.3) is 0 Å². The van der Waals surface area contributed by atoms with Crippen LogP contribution in [0.15, 0.2) is 34.7 Å². The van der Waals surface area contributed by atoms with Gasteiger partial charge in [0.15, 0.2) is 0 Å². The number of rotatable bonds is 4. The van der Waals surface area contributed by atoms with Crippen LogP contribution < -0.4 is 5.73 Å². The first-order valence-electron chi connectivity index (χ1n) is 6.14. The van der Waals surface area contributed by atoms with Gasteiger partial charge >= 0.3 is 0 Å². The molecule has 0 saturated carbocycles. The molecule has 18 heavy (non-hydrogen) atoms. The summed E-state index contributed by atoms with van der Waals surface area (Å²) in [4.78, 5) is 2.22. The van der Waals surface area contributed by atoms with E-state index < -0.39 is 0 Å². The van der Waals surface area contributed by atoms with E-state index in [1.54, 1.807) is 0 Å². The lowest BCUT2D eigenvalue weighted by atomic mass is 10.1. The van der Waals surface area contributed by atoms with Crippen molar-refractivity contribution in [3.63, 3.8) is 0 Å². The normalized spacial score (nSPS) is 11.1. The highest BCUT2D eigenvalue weighted by Gasteiger charge is 2.07. The molecule has 3 heteroatoms. The van der Waals surface area contributed by atoms with Gasteiger partial charge in [0, 0.05) is 12.2 Å². The van der Waals surface area contributed by atoms with Crippen molar-refractivity contribution in [2.24, 2.45) is 0 Å². The predicted octanol–water partition coefficient (Wildman–Crippen LogP) is 3.11. The van der Waals surface area contributed by atoms with E-state index in [4.69, 9.17) is 10.2 Å². The van der Waals surface area contributed by atoms with Gasteiger partial charge in [-0.15, -0.1) is 0 Å². The van der Waals surface area contributed by atoms with Crippen LogP contribution in [0.4, 0.5) is 5.69 Å². The van der Waals surface area contributed by atoms with Crippen molar-refractivity contribution in [1.29, 1.82) is 0 Å². The van der Waals surface area contributed by atoms with Gasteiger partial charge in [0.2, 0.25) is 0 Å². The third kappa shape index (κ3) is 2.93. The van der Waals surface area contributed by atoms with Crippen molar-refractivity contribution in [3.05, 3.63) is 53.0 Å². The van der Waals surface area contributed by atoms with Crippen LogP contribution in [0, 0.1) is 13.8 Å². The molecule has 0 aliphatic heterocycles. The molecule has 2 rings (SSSR count). The number of anilines is 1. The highest BCUT2D eigenvalue weighted by molar-refractivity contribution is 5.49. The Morgan fingerprint density at radius 1 is 1.11 bits per heavy atom. The quantitative estimate of drug-likeness (QED) is 0.840. The van der Waals surface area contributed by atoms with Gasteiger partial charge in [-0.3, -0.25) is 4.90 Å². The summed E-state index contributed by atoms with van der Waals surface area (Å²) in [6, 6.07) is 10.1. The molecular formula is C15H20N2O. The fraction of sp³-hybridized carbons (Fsp3) is 0.333. The first-order valence-corrected chi connectivity index (χ1v) is 6.14. The van der Waals surface area contributed by atoms with Crippen LogP contribution in [0.3, 0.4) is 0 Å². The number of furan rings is 1. The molecule has 0 amide bonds.